The van der Waals surface area contributed by atoms with Gasteiger partial charge in [0.2, 0.25) is 0 Å². The zero-order valence-electron chi connectivity index (χ0n) is 18.0. The average Bonchev–Trinajstić information content (AvgIpc) is 3.15. The molecule has 0 saturated carbocycles. The third-order valence-electron chi connectivity index (χ3n) is 5.18. The van der Waals surface area contributed by atoms with Crippen LogP contribution in [0.4, 0.5) is 5.69 Å². The van der Waals surface area contributed by atoms with Crippen molar-refractivity contribution in [3.05, 3.63) is 101 Å². The summed E-state index contributed by atoms with van der Waals surface area (Å²) >= 11 is 0. The number of hydrogen-bond donors (Lipinski definition) is 2. The molecule has 0 amide bonds. The Morgan fingerprint density at radius 1 is 0.844 bits per heavy atom. The molecule has 1 fully saturated rings. The maximum atomic E-state index is 12.9. The monoisotopic (exact) mass is 429 g/mol. The normalized spacial score (nSPS) is 22.7. The molecule has 1 heterocycles. The number of aromatic carboxylic acids is 1. The Kier molecular flexibility index (Phi) is 5.18. The van der Waals surface area contributed by atoms with Crippen LogP contribution in [0.3, 0.4) is 0 Å². The van der Waals surface area contributed by atoms with Crippen LogP contribution >= 0.6 is 0 Å². The molecule has 2 aliphatic carbocycles. The van der Waals surface area contributed by atoms with E-state index in [0.29, 0.717) is 28.5 Å². The largest absolute Gasteiger partial charge is 0.478 e. The molecule has 0 aromatic heterocycles. The van der Waals surface area contributed by atoms with Crippen LogP contribution in [0.25, 0.3) is 0 Å². The number of hydrazine groups is 1. The Balaban J connectivity index is 1.97. The minimum Gasteiger partial charge on any atom is -0.478 e. The molecule has 7 nitrogen and oxygen atoms in total. The number of anilines is 1. The van der Waals surface area contributed by atoms with E-state index in [1.807, 2.05) is 25.7 Å². The summed E-state index contributed by atoms with van der Waals surface area (Å²) in [5.41, 5.74) is 4.50. The fourth-order valence-corrected chi connectivity index (χ4v) is 3.74. The Labute approximate surface area is 186 Å². The summed E-state index contributed by atoms with van der Waals surface area (Å²) in [6.07, 6.45) is 13.4. The molecule has 0 unspecified atom stereocenters. The number of carboxylic acid groups (broad SMARTS) is 1. The summed E-state index contributed by atoms with van der Waals surface area (Å²) in [6, 6.07) is 6.33. The van der Waals surface area contributed by atoms with Gasteiger partial charge in [-0.15, -0.1) is 0 Å². The number of carboxylic acids is 1. The highest BCUT2D eigenvalue weighted by molar-refractivity contribution is 6.09. The fourth-order valence-electron chi connectivity index (χ4n) is 3.74. The van der Waals surface area contributed by atoms with Crippen LogP contribution in [-0.2, 0) is 9.59 Å². The molecule has 32 heavy (non-hydrogen) atoms. The molecular weight excluding hydrogens is 406 g/mol. The Morgan fingerprint density at radius 3 is 1.88 bits per heavy atom. The minimum absolute atomic E-state index is 0.151. The second-order valence-corrected chi connectivity index (χ2v) is 8.47. The molecule has 4 rings (SSSR count). The first-order valence-electron chi connectivity index (χ1n) is 10.2. The minimum atomic E-state index is -1.02. The van der Waals surface area contributed by atoms with Crippen LogP contribution in [0, 0.1) is 0 Å². The van der Waals surface area contributed by atoms with Crippen LogP contribution < -0.4 is 10.4 Å². The smallest absolute Gasteiger partial charge is 0.335 e. The van der Waals surface area contributed by atoms with Crippen molar-refractivity contribution in [2.45, 2.75) is 26.3 Å². The van der Waals surface area contributed by atoms with Gasteiger partial charge in [-0.25, -0.2) is 9.80 Å². The van der Waals surface area contributed by atoms with Crippen molar-refractivity contribution >= 4 is 23.2 Å². The van der Waals surface area contributed by atoms with Crippen molar-refractivity contribution < 1.29 is 19.5 Å². The number of benzene rings is 1. The molecule has 1 saturated heterocycles. The summed E-state index contributed by atoms with van der Waals surface area (Å²) in [5.74, 6) is -0.235. The lowest BCUT2D eigenvalue weighted by Gasteiger charge is -2.36. The topological polar surface area (TPSA) is 90.0 Å². The summed E-state index contributed by atoms with van der Waals surface area (Å²) in [5, 5.41) is 11.0. The predicted molar refractivity (Wildman–Crippen MR) is 121 cm³/mol. The number of nitrogens with zero attached hydrogens (tertiary/aromatic N) is 2. The van der Waals surface area contributed by atoms with Gasteiger partial charge in [-0.1, -0.05) is 24.3 Å². The maximum absolute atomic E-state index is 12.9. The van der Waals surface area contributed by atoms with Crippen molar-refractivity contribution in [3.8, 4) is 0 Å². The third kappa shape index (κ3) is 3.69. The quantitative estimate of drug-likeness (QED) is 0.694. The standard InChI is InChI=1S/C25H23N3O4/c1-25(2,3)27-22(18-8-4-6-10-20(18)29)26-28(17-14-12-16(13-15-17)24(31)32)23(27)19-9-5-7-11-21(19)30/h4-15,26H,1-3H3,(H,31,32)/b22-18+,23-19+. The molecule has 0 atom stereocenters. The van der Waals surface area contributed by atoms with Gasteiger partial charge in [0.15, 0.2) is 11.6 Å². The van der Waals surface area contributed by atoms with Gasteiger partial charge >= 0.3 is 5.97 Å². The van der Waals surface area contributed by atoms with E-state index in [1.54, 1.807) is 53.6 Å². The van der Waals surface area contributed by atoms with Crippen LogP contribution in [0.5, 0.6) is 0 Å². The van der Waals surface area contributed by atoms with Crippen LogP contribution in [-0.4, -0.2) is 33.1 Å². The van der Waals surface area contributed by atoms with Gasteiger partial charge in [0.25, 0.3) is 0 Å². The van der Waals surface area contributed by atoms with E-state index in [2.05, 4.69) is 5.43 Å². The van der Waals surface area contributed by atoms with Crippen molar-refractivity contribution in [1.82, 2.24) is 10.3 Å². The average molecular weight is 429 g/mol. The van der Waals surface area contributed by atoms with E-state index in [-0.39, 0.29) is 17.1 Å². The Morgan fingerprint density at radius 2 is 1.38 bits per heavy atom. The number of rotatable bonds is 2. The first kappa shape index (κ1) is 21.1. The second kappa shape index (κ2) is 7.85. The van der Waals surface area contributed by atoms with E-state index < -0.39 is 11.5 Å². The third-order valence-corrected chi connectivity index (χ3v) is 5.18. The first-order chi connectivity index (χ1) is 15.2. The van der Waals surface area contributed by atoms with E-state index in [4.69, 9.17) is 0 Å². The highest BCUT2D eigenvalue weighted by Crippen LogP contribution is 2.39. The molecule has 7 heteroatoms. The summed E-state index contributed by atoms with van der Waals surface area (Å²) < 4.78 is 0. The van der Waals surface area contributed by atoms with Gasteiger partial charge < -0.3 is 10.0 Å². The summed E-state index contributed by atoms with van der Waals surface area (Å²) in [4.78, 5) is 38.8. The lowest BCUT2D eigenvalue weighted by atomic mass is 9.99. The van der Waals surface area contributed by atoms with Crippen LogP contribution in [0.1, 0.15) is 31.1 Å². The lowest BCUT2D eigenvalue weighted by molar-refractivity contribution is -0.111. The molecule has 162 valence electrons. The van der Waals surface area contributed by atoms with E-state index in [0.717, 1.165) is 0 Å². The van der Waals surface area contributed by atoms with Crippen LogP contribution in [0.2, 0.25) is 0 Å². The summed E-state index contributed by atoms with van der Waals surface area (Å²) in [6.45, 7) is 5.98. The van der Waals surface area contributed by atoms with Crippen LogP contribution in [0.15, 0.2) is 95.7 Å². The molecule has 0 bridgehead atoms. The molecule has 1 aromatic rings. The number of carbonyl (C=O) groups is 3. The van der Waals surface area contributed by atoms with Gasteiger partial charge in [-0.2, -0.15) is 0 Å². The molecule has 1 aliphatic heterocycles. The molecule has 2 N–H and O–H groups in total. The lowest BCUT2D eigenvalue weighted by Crippen LogP contribution is -2.40. The zero-order valence-corrected chi connectivity index (χ0v) is 18.0. The van der Waals surface area contributed by atoms with E-state index in [9.17, 15) is 19.5 Å². The zero-order chi connectivity index (χ0) is 23.0. The first-order valence-corrected chi connectivity index (χ1v) is 10.2. The van der Waals surface area contributed by atoms with Crippen molar-refractivity contribution in [1.29, 1.82) is 0 Å². The van der Waals surface area contributed by atoms with Gasteiger partial charge in [-0.05, 0) is 69.3 Å². The molecule has 1 aromatic carbocycles. The van der Waals surface area contributed by atoms with Crippen molar-refractivity contribution in [3.63, 3.8) is 0 Å². The number of hydrogen-bond acceptors (Lipinski definition) is 6. The number of ketones is 2. The van der Waals surface area contributed by atoms with Gasteiger partial charge in [0, 0.05) is 5.54 Å². The van der Waals surface area contributed by atoms with Crippen molar-refractivity contribution in [2.75, 3.05) is 5.01 Å². The Hall–Kier alpha value is -4.13. The SMILES string of the molecule is CC(C)(C)N1/C(=C2\C=CC=CC2=O)NN(c2ccc(C(=O)O)cc2)/C1=C1\C=CC=CC1=O. The number of nitrogens with one attached hydrogen (secondary N) is 1. The second-order valence-electron chi connectivity index (χ2n) is 8.47. The summed E-state index contributed by atoms with van der Waals surface area (Å²) in [7, 11) is 0. The van der Waals surface area contributed by atoms with Gasteiger partial charge in [-0.3, -0.25) is 15.0 Å². The predicted octanol–water partition coefficient (Wildman–Crippen LogP) is 3.62. The molecule has 0 radical (unpaired) electrons. The molecular formula is C25H23N3O4. The van der Waals surface area contributed by atoms with E-state index >= 15 is 0 Å². The number of allylic oxidation sites excluding steroid dienone is 10. The fraction of sp³-hybridized carbons (Fsp3) is 0.160. The highest BCUT2D eigenvalue weighted by Gasteiger charge is 2.42. The van der Waals surface area contributed by atoms with E-state index in [1.165, 1.54) is 24.3 Å². The van der Waals surface area contributed by atoms with Gasteiger partial charge in [0.1, 0.15) is 11.6 Å². The Bertz CT molecular complexity index is 1190. The highest BCUT2D eigenvalue weighted by atomic mass is 16.4. The van der Waals surface area contributed by atoms with Gasteiger partial charge in [0.05, 0.1) is 22.4 Å². The molecule has 0 spiro atoms. The molecule has 3 aliphatic rings. The van der Waals surface area contributed by atoms with Crippen molar-refractivity contribution in [2.24, 2.45) is 0 Å². The number of carbonyl (C=O) groups excluding carboxylic acids is 2. The maximum Gasteiger partial charge on any atom is 0.335 e.